The SMILES string of the molecule is C=CCN1C(=O)C(CC(=O)Nc2ccc(F)cc2)SC1=Nc1ccc(C(=O)O)cc1. The number of nitrogens with one attached hydrogen (secondary N) is 1. The molecular weight excluding hydrogens is 409 g/mol. The van der Waals surface area contributed by atoms with Gasteiger partial charge >= 0.3 is 5.97 Å². The number of aromatic carboxylic acids is 1. The van der Waals surface area contributed by atoms with E-state index in [9.17, 15) is 18.8 Å². The van der Waals surface area contributed by atoms with Crippen LogP contribution in [0.4, 0.5) is 15.8 Å². The van der Waals surface area contributed by atoms with Gasteiger partial charge in [-0.05, 0) is 48.5 Å². The molecule has 0 radical (unpaired) electrons. The molecule has 1 atom stereocenters. The van der Waals surface area contributed by atoms with Crippen LogP contribution >= 0.6 is 11.8 Å². The maximum atomic E-state index is 13.0. The van der Waals surface area contributed by atoms with Crippen LogP contribution in [-0.4, -0.2) is 44.8 Å². The fourth-order valence-corrected chi connectivity index (χ4v) is 3.89. The number of carboxylic acid groups (broad SMARTS) is 1. The van der Waals surface area contributed by atoms with Crippen LogP contribution in [0.15, 0.2) is 66.2 Å². The summed E-state index contributed by atoms with van der Waals surface area (Å²) in [4.78, 5) is 41.9. The average Bonchev–Trinajstić information content (AvgIpc) is 2.99. The Morgan fingerprint density at radius 2 is 1.87 bits per heavy atom. The second kappa shape index (κ2) is 9.36. The lowest BCUT2D eigenvalue weighted by Gasteiger charge is -2.13. The van der Waals surface area contributed by atoms with Crippen LogP contribution in [0.25, 0.3) is 0 Å². The number of carboxylic acids is 1. The van der Waals surface area contributed by atoms with Crippen molar-refractivity contribution in [2.75, 3.05) is 11.9 Å². The van der Waals surface area contributed by atoms with Crippen LogP contribution in [0.1, 0.15) is 16.8 Å². The van der Waals surface area contributed by atoms with Gasteiger partial charge in [-0.25, -0.2) is 14.2 Å². The lowest BCUT2D eigenvalue weighted by molar-refractivity contribution is -0.127. The summed E-state index contributed by atoms with van der Waals surface area (Å²) < 4.78 is 13.0. The lowest BCUT2D eigenvalue weighted by atomic mass is 10.2. The third kappa shape index (κ3) is 5.12. The Labute approximate surface area is 176 Å². The molecule has 1 saturated heterocycles. The van der Waals surface area contributed by atoms with Crippen molar-refractivity contribution >= 4 is 46.1 Å². The van der Waals surface area contributed by atoms with E-state index in [1.165, 1.54) is 41.3 Å². The third-order valence-corrected chi connectivity index (χ3v) is 5.34. The molecule has 0 bridgehead atoms. The number of carbonyl (C=O) groups is 3. The van der Waals surface area contributed by atoms with Gasteiger partial charge in [0.2, 0.25) is 11.8 Å². The molecule has 1 fully saturated rings. The average molecular weight is 427 g/mol. The lowest BCUT2D eigenvalue weighted by Crippen LogP contribution is -2.33. The first kappa shape index (κ1) is 21.3. The minimum atomic E-state index is -1.04. The number of hydrogen-bond acceptors (Lipinski definition) is 5. The predicted octanol–water partition coefficient (Wildman–Crippen LogP) is 3.67. The monoisotopic (exact) mass is 427 g/mol. The minimum Gasteiger partial charge on any atom is -0.478 e. The van der Waals surface area contributed by atoms with Gasteiger partial charge in [-0.15, -0.1) is 6.58 Å². The summed E-state index contributed by atoms with van der Waals surface area (Å²) in [7, 11) is 0. The molecule has 9 heteroatoms. The van der Waals surface area contributed by atoms with E-state index in [1.807, 2.05) is 0 Å². The summed E-state index contributed by atoms with van der Waals surface area (Å²) in [6, 6.07) is 11.3. The van der Waals surface area contributed by atoms with Crippen molar-refractivity contribution in [3.63, 3.8) is 0 Å². The molecule has 2 aromatic carbocycles. The van der Waals surface area contributed by atoms with E-state index in [0.29, 0.717) is 16.5 Å². The molecule has 1 aliphatic heterocycles. The summed E-state index contributed by atoms with van der Waals surface area (Å²) in [5.41, 5.74) is 1.06. The molecule has 0 saturated carbocycles. The zero-order chi connectivity index (χ0) is 21.7. The van der Waals surface area contributed by atoms with Crippen LogP contribution in [0, 0.1) is 5.82 Å². The highest BCUT2D eigenvalue weighted by molar-refractivity contribution is 8.15. The Hall–Kier alpha value is -3.46. The predicted molar refractivity (Wildman–Crippen MR) is 113 cm³/mol. The summed E-state index contributed by atoms with van der Waals surface area (Å²) >= 11 is 1.15. The number of halogens is 1. The summed E-state index contributed by atoms with van der Waals surface area (Å²) in [6.45, 7) is 3.88. The number of rotatable bonds is 7. The van der Waals surface area contributed by atoms with Crippen molar-refractivity contribution in [3.05, 3.63) is 72.6 Å². The number of carbonyl (C=O) groups excluding carboxylic acids is 2. The fraction of sp³-hybridized carbons (Fsp3) is 0.143. The molecule has 3 rings (SSSR count). The summed E-state index contributed by atoms with van der Waals surface area (Å²) in [5, 5.41) is 11.4. The zero-order valence-electron chi connectivity index (χ0n) is 15.7. The van der Waals surface area contributed by atoms with Crippen molar-refractivity contribution in [1.82, 2.24) is 4.90 Å². The molecular formula is C21H18FN3O4S. The molecule has 2 aromatic rings. The van der Waals surface area contributed by atoms with E-state index in [2.05, 4.69) is 16.9 Å². The van der Waals surface area contributed by atoms with Gasteiger partial charge in [0.05, 0.1) is 11.3 Å². The topological polar surface area (TPSA) is 99.1 Å². The third-order valence-electron chi connectivity index (χ3n) is 4.17. The molecule has 0 aliphatic carbocycles. The molecule has 0 spiro atoms. The highest BCUT2D eigenvalue weighted by Gasteiger charge is 2.38. The smallest absolute Gasteiger partial charge is 0.335 e. The maximum Gasteiger partial charge on any atom is 0.335 e. The number of thioether (sulfide) groups is 1. The molecule has 2 amide bonds. The number of amidine groups is 1. The molecule has 1 heterocycles. The first-order valence-corrected chi connectivity index (χ1v) is 9.81. The zero-order valence-corrected chi connectivity index (χ0v) is 16.6. The number of benzene rings is 2. The molecule has 1 aliphatic rings. The Balaban J connectivity index is 1.73. The van der Waals surface area contributed by atoms with Crippen LogP contribution in [-0.2, 0) is 9.59 Å². The highest BCUT2D eigenvalue weighted by Crippen LogP contribution is 2.32. The highest BCUT2D eigenvalue weighted by atomic mass is 32.2. The molecule has 0 aromatic heterocycles. The van der Waals surface area contributed by atoms with E-state index in [4.69, 9.17) is 5.11 Å². The van der Waals surface area contributed by atoms with Crippen molar-refractivity contribution in [1.29, 1.82) is 0 Å². The van der Waals surface area contributed by atoms with Crippen molar-refractivity contribution in [2.45, 2.75) is 11.7 Å². The Bertz CT molecular complexity index is 1010. The molecule has 2 N–H and O–H groups in total. The van der Waals surface area contributed by atoms with Gasteiger partial charge < -0.3 is 10.4 Å². The molecule has 7 nitrogen and oxygen atoms in total. The molecule has 1 unspecified atom stereocenters. The Morgan fingerprint density at radius 3 is 2.47 bits per heavy atom. The first-order valence-electron chi connectivity index (χ1n) is 8.94. The quantitative estimate of drug-likeness (QED) is 0.657. The van der Waals surface area contributed by atoms with Crippen molar-refractivity contribution in [3.8, 4) is 0 Å². The van der Waals surface area contributed by atoms with Crippen molar-refractivity contribution in [2.24, 2.45) is 4.99 Å². The standard InChI is InChI=1S/C21H18FN3O4S/c1-2-11-25-19(27)17(12-18(26)23-15-9-5-14(22)6-10-15)30-21(25)24-16-7-3-13(4-8-16)20(28)29/h2-10,17H,1,11-12H2,(H,23,26)(H,28,29). The summed E-state index contributed by atoms with van der Waals surface area (Å²) in [6.07, 6.45) is 1.48. The number of amides is 2. The maximum absolute atomic E-state index is 13.0. The van der Waals surface area contributed by atoms with Gasteiger partial charge in [0.25, 0.3) is 0 Å². The van der Waals surface area contributed by atoms with Gasteiger partial charge in [0, 0.05) is 18.7 Å². The second-order valence-electron chi connectivity index (χ2n) is 6.35. The number of hydrogen-bond donors (Lipinski definition) is 2. The van der Waals surface area contributed by atoms with Gasteiger partial charge in [-0.2, -0.15) is 0 Å². The van der Waals surface area contributed by atoms with E-state index in [0.717, 1.165) is 11.8 Å². The Kier molecular flexibility index (Phi) is 6.63. The number of aliphatic imine (C=N–C) groups is 1. The minimum absolute atomic E-state index is 0.0779. The van der Waals surface area contributed by atoms with E-state index in [1.54, 1.807) is 18.2 Å². The van der Waals surface area contributed by atoms with Gasteiger partial charge in [-0.1, -0.05) is 17.8 Å². The second-order valence-corrected chi connectivity index (χ2v) is 7.52. The fourth-order valence-electron chi connectivity index (χ4n) is 2.72. The van der Waals surface area contributed by atoms with Crippen LogP contribution < -0.4 is 5.32 Å². The van der Waals surface area contributed by atoms with Crippen LogP contribution in [0.2, 0.25) is 0 Å². The van der Waals surface area contributed by atoms with Gasteiger partial charge in [0.1, 0.15) is 11.1 Å². The summed E-state index contributed by atoms with van der Waals surface area (Å²) in [5.74, 6) is -2.10. The largest absolute Gasteiger partial charge is 0.478 e. The number of anilines is 1. The van der Waals surface area contributed by atoms with Gasteiger partial charge in [-0.3, -0.25) is 14.5 Å². The molecule has 154 valence electrons. The first-order chi connectivity index (χ1) is 14.4. The normalized spacial score (nSPS) is 17.2. The number of nitrogens with zero attached hydrogens (tertiary/aromatic N) is 2. The van der Waals surface area contributed by atoms with Crippen LogP contribution in [0.3, 0.4) is 0 Å². The Morgan fingerprint density at radius 1 is 1.20 bits per heavy atom. The molecule has 30 heavy (non-hydrogen) atoms. The van der Waals surface area contributed by atoms with E-state index < -0.39 is 17.0 Å². The van der Waals surface area contributed by atoms with Crippen LogP contribution in [0.5, 0.6) is 0 Å². The van der Waals surface area contributed by atoms with E-state index >= 15 is 0 Å². The van der Waals surface area contributed by atoms with Gasteiger partial charge in [0.15, 0.2) is 5.17 Å². The van der Waals surface area contributed by atoms with E-state index in [-0.39, 0.29) is 30.3 Å². The van der Waals surface area contributed by atoms with Crippen molar-refractivity contribution < 1.29 is 23.9 Å².